The minimum absolute atomic E-state index is 0.422. The van der Waals surface area contributed by atoms with Crippen molar-refractivity contribution in [3.8, 4) is 0 Å². The Balaban J connectivity index is 2.81. The first kappa shape index (κ1) is 11.3. The van der Waals surface area contributed by atoms with Crippen LogP contribution in [0.3, 0.4) is 0 Å². The second kappa shape index (κ2) is 5.20. The van der Waals surface area contributed by atoms with E-state index in [0.29, 0.717) is 6.61 Å². The Morgan fingerprint density at radius 3 is 2.93 bits per heavy atom. The first-order valence-electron chi connectivity index (χ1n) is 4.79. The van der Waals surface area contributed by atoms with Crippen molar-refractivity contribution in [2.24, 2.45) is 5.16 Å². The molecule has 1 aromatic carbocycles. The van der Waals surface area contributed by atoms with Gasteiger partial charge in [-0.05, 0) is 37.1 Å². The van der Waals surface area contributed by atoms with Crippen LogP contribution in [0.1, 0.15) is 18.1 Å². The van der Waals surface area contributed by atoms with Gasteiger partial charge >= 0.3 is 0 Å². The molecule has 0 aliphatic heterocycles. The standard InChI is InChI=1S/C12H16N2O/c1-4-7-15-14-10(3)11-5-6-12(13)9(2)8-11/h4-6,8H,1,7,13H2,2-3H3/b14-10+. The molecule has 15 heavy (non-hydrogen) atoms. The number of nitrogens with zero attached hydrogens (tertiary/aromatic N) is 1. The number of rotatable bonds is 4. The lowest BCUT2D eigenvalue weighted by Gasteiger charge is -2.04. The van der Waals surface area contributed by atoms with Crippen LogP contribution in [0, 0.1) is 6.92 Å². The number of nitrogen functional groups attached to an aromatic ring is 1. The predicted octanol–water partition coefficient (Wildman–Crippen LogP) is 2.50. The van der Waals surface area contributed by atoms with Crippen LogP contribution >= 0.6 is 0 Å². The highest BCUT2D eigenvalue weighted by Crippen LogP contribution is 2.13. The monoisotopic (exact) mass is 204 g/mol. The molecule has 0 spiro atoms. The summed E-state index contributed by atoms with van der Waals surface area (Å²) in [6, 6.07) is 5.79. The molecule has 0 radical (unpaired) electrons. The molecule has 1 rings (SSSR count). The summed E-state index contributed by atoms with van der Waals surface area (Å²) in [6.07, 6.45) is 1.66. The molecule has 0 saturated heterocycles. The Morgan fingerprint density at radius 2 is 2.33 bits per heavy atom. The minimum Gasteiger partial charge on any atom is -0.399 e. The van der Waals surface area contributed by atoms with E-state index in [9.17, 15) is 0 Å². The molecular weight excluding hydrogens is 188 g/mol. The second-order valence-corrected chi connectivity index (χ2v) is 3.33. The Labute approximate surface area is 90.2 Å². The van der Waals surface area contributed by atoms with Gasteiger partial charge in [0.2, 0.25) is 0 Å². The van der Waals surface area contributed by atoms with Crippen LogP contribution in [0.4, 0.5) is 5.69 Å². The van der Waals surface area contributed by atoms with Crippen molar-refractivity contribution in [1.29, 1.82) is 0 Å². The van der Waals surface area contributed by atoms with Gasteiger partial charge in [0.15, 0.2) is 0 Å². The highest BCUT2D eigenvalue weighted by Gasteiger charge is 2.00. The summed E-state index contributed by atoms with van der Waals surface area (Å²) in [6.45, 7) is 7.83. The zero-order valence-electron chi connectivity index (χ0n) is 9.16. The summed E-state index contributed by atoms with van der Waals surface area (Å²) in [5.41, 5.74) is 9.42. The summed E-state index contributed by atoms with van der Waals surface area (Å²) in [5.74, 6) is 0. The lowest BCUT2D eigenvalue weighted by atomic mass is 10.1. The third kappa shape index (κ3) is 3.13. The molecule has 1 aromatic rings. The lowest BCUT2D eigenvalue weighted by Crippen LogP contribution is -1.99. The molecule has 0 fully saturated rings. The first-order valence-corrected chi connectivity index (χ1v) is 4.79. The van der Waals surface area contributed by atoms with Crippen LogP contribution in [0.15, 0.2) is 36.0 Å². The van der Waals surface area contributed by atoms with Gasteiger partial charge in [0, 0.05) is 5.69 Å². The Morgan fingerprint density at radius 1 is 1.60 bits per heavy atom. The quantitative estimate of drug-likeness (QED) is 0.269. The molecule has 0 saturated carbocycles. The smallest absolute Gasteiger partial charge is 0.135 e. The van der Waals surface area contributed by atoms with Crippen LogP contribution in [0.5, 0.6) is 0 Å². The Kier molecular flexibility index (Phi) is 3.92. The minimum atomic E-state index is 0.422. The molecule has 0 aliphatic carbocycles. The number of hydrogen-bond donors (Lipinski definition) is 1. The van der Waals surface area contributed by atoms with E-state index in [1.54, 1.807) is 6.08 Å². The molecule has 80 valence electrons. The second-order valence-electron chi connectivity index (χ2n) is 3.33. The van der Waals surface area contributed by atoms with Crippen LogP contribution in [0.2, 0.25) is 0 Å². The number of oxime groups is 1. The predicted molar refractivity (Wildman–Crippen MR) is 64.0 cm³/mol. The van der Waals surface area contributed by atoms with Crippen LogP contribution in [-0.2, 0) is 4.84 Å². The van der Waals surface area contributed by atoms with Gasteiger partial charge in [0.1, 0.15) is 6.61 Å². The Bertz CT molecular complexity index is 383. The zero-order valence-corrected chi connectivity index (χ0v) is 9.16. The van der Waals surface area contributed by atoms with Gasteiger partial charge in [0.25, 0.3) is 0 Å². The third-order valence-electron chi connectivity index (χ3n) is 2.08. The summed E-state index contributed by atoms with van der Waals surface area (Å²) < 4.78 is 0. The highest BCUT2D eigenvalue weighted by molar-refractivity contribution is 5.98. The topological polar surface area (TPSA) is 47.6 Å². The van der Waals surface area contributed by atoms with Crippen LogP contribution in [0.25, 0.3) is 0 Å². The molecule has 0 atom stereocenters. The molecule has 0 unspecified atom stereocenters. The van der Waals surface area contributed by atoms with Crippen molar-refractivity contribution in [2.45, 2.75) is 13.8 Å². The van der Waals surface area contributed by atoms with Crippen LogP contribution in [-0.4, -0.2) is 12.3 Å². The number of anilines is 1. The Hall–Kier alpha value is -1.77. The summed E-state index contributed by atoms with van der Waals surface area (Å²) in [4.78, 5) is 5.01. The van der Waals surface area contributed by atoms with E-state index >= 15 is 0 Å². The molecule has 0 aromatic heterocycles. The molecular formula is C12H16N2O. The maximum Gasteiger partial charge on any atom is 0.135 e. The van der Waals surface area contributed by atoms with Crippen molar-refractivity contribution < 1.29 is 4.84 Å². The van der Waals surface area contributed by atoms with E-state index in [1.807, 2.05) is 32.0 Å². The normalized spacial score (nSPS) is 11.2. The third-order valence-corrected chi connectivity index (χ3v) is 2.08. The zero-order chi connectivity index (χ0) is 11.3. The molecule has 0 bridgehead atoms. The van der Waals surface area contributed by atoms with Crippen LogP contribution < -0.4 is 5.73 Å². The van der Waals surface area contributed by atoms with Gasteiger partial charge in [-0.3, -0.25) is 0 Å². The van der Waals surface area contributed by atoms with Gasteiger partial charge in [-0.15, -0.1) is 0 Å². The number of benzene rings is 1. The van der Waals surface area contributed by atoms with E-state index < -0.39 is 0 Å². The fourth-order valence-electron chi connectivity index (χ4n) is 1.14. The number of aryl methyl sites for hydroxylation is 1. The van der Waals surface area contributed by atoms with E-state index in [1.165, 1.54) is 0 Å². The maximum atomic E-state index is 5.73. The number of nitrogens with two attached hydrogens (primary N) is 1. The average Bonchev–Trinajstić information content (AvgIpc) is 2.22. The van der Waals surface area contributed by atoms with E-state index in [4.69, 9.17) is 10.6 Å². The van der Waals surface area contributed by atoms with Gasteiger partial charge in [0.05, 0.1) is 5.71 Å². The van der Waals surface area contributed by atoms with Crippen molar-refractivity contribution in [3.63, 3.8) is 0 Å². The van der Waals surface area contributed by atoms with Gasteiger partial charge in [-0.2, -0.15) is 0 Å². The van der Waals surface area contributed by atoms with Crippen molar-refractivity contribution in [1.82, 2.24) is 0 Å². The molecule has 2 N–H and O–H groups in total. The first-order chi connectivity index (χ1) is 7.15. The maximum absolute atomic E-state index is 5.73. The van der Waals surface area contributed by atoms with Gasteiger partial charge < -0.3 is 10.6 Å². The fourth-order valence-corrected chi connectivity index (χ4v) is 1.14. The lowest BCUT2D eigenvalue weighted by molar-refractivity contribution is 0.175. The van der Waals surface area contributed by atoms with E-state index in [0.717, 1.165) is 22.5 Å². The van der Waals surface area contributed by atoms with Crippen molar-refractivity contribution in [2.75, 3.05) is 12.3 Å². The summed E-state index contributed by atoms with van der Waals surface area (Å²) in [5, 5.41) is 3.96. The summed E-state index contributed by atoms with van der Waals surface area (Å²) >= 11 is 0. The van der Waals surface area contributed by atoms with Gasteiger partial charge in [-0.1, -0.05) is 23.9 Å². The average molecular weight is 204 g/mol. The SMILES string of the molecule is C=CCO/N=C(\C)c1ccc(N)c(C)c1. The molecule has 3 nitrogen and oxygen atoms in total. The highest BCUT2D eigenvalue weighted by atomic mass is 16.6. The summed E-state index contributed by atoms with van der Waals surface area (Å²) in [7, 11) is 0. The van der Waals surface area contributed by atoms with Crippen molar-refractivity contribution in [3.05, 3.63) is 42.0 Å². The molecule has 0 heterocycles. The molecule has 3 heteroatoms. The largest absolute Gasteiger partial charge is 0.399 e. The van der Waals surface area contributed by atoms with Gasteiger partial charge in [-0.25, -0.2) is 0 Å². The number of hydrogen-bond acceptors (Lipinski definition) is 3. The van der Waals surface area contributed by atoms with Crippen molar-refractivity contribution >= 4 is 11.4 Å². The molecule has 0 amide bonds. The molecule has 0 aliphatic rings. The van der Waals surface area contributed by atoms with E-state index in [-0.39, 0.29) is 0 Å². The van der Waals surface area contributed by atoms with E-state index in [2.05, 4.69) is 11.7 Å². The fraction of sp³-hybridized carbons (Fsp3) is 0.250.